The second-order valence-electron chi connectivity index (χ2n) is 8.17. The Balaban J connectivity index is 1.21. The number of hydrogen-bond donors (Lipinski definition) is 1. The van der Waals surface area contributed by atoms with Crippen LogP contribution < -0.4 is 0 Å². The van der Waals surface area contributed by atoms with E-state index >= 15 is 0 Å². The number of hydrogen-bond acceptors (Lipinski definition) is 5. The average molecular weight is 410 g/mol. The molecule has 0 saturated carbocycles. The monoisotopic (exact) mass is 409 g/mol. The van der Waals surface area contributed by atoms with Gasteiger partial charge in [0.15, 0.2) is 0 Å². The quantitative estimate of drug-likeness (QED) is 0.741. The highest BCUT2D eigenvalue weighted by Crippen LogP contribution is 2.20. The molecule has 160 valence electrons. The fraction of sp³-hybridized carbons (Fsp3) is 0.458. The molecule has 1 aromatic heterocycles. The molecule has 3 heterocycles. The minimum Gasteiger partial charge on any atom is -0.465 e. The van der Waals surface area contributed by atoms with Gasteiger partial charge in [-0.2, -0.15) is 0 Å². The van der Waals surface area contributed by atoms with Crippen molar-refractivity contribution in [1.82, 2.24) is 14.7 Å². The standard InChI is InChI=1S/C24H31N3O3/c28-23-19-27(24(29)9-8-21-7-4-18-30-21)13-11-22(23)26-16-14-25(15-17-26)12-10-20-5-2-1-3-6-20/h1-9,18,22-23,28H,10-17,19H2/b9-8+/t22-,23-/m1/s1. The number of likely N-dealkylation sites (tertiary alicyclic amines) is 1. The van der Waals surface area contributed by atoms with Gasteiger partial charge in [0.25, 0.3) is 0 Å². The lowest BCUT2D eigenvalue weighted by atomic mass is 9.99. The Morgan fingerprint density at radius 1 is 1.07 bits per heavy atom. The number of piperidine rings is 1. The molecular formula is C24H31N3O3. The van der Waals surface area contributed by atoms with Gasteiger partial charge < -0.3 is 19.3 Å². The number of aliphatic hydroxyl groups excluding tert-OH is 1. The van der Waals surface area contributed by atoms with E-state index in [2.05, 4.69) is 40.1 Å². The summed E-state index contributed by atoms with van der Waals surface area (Å²) < 4.78 is 5.22. The summed E-state index contributed by atoms with van der Waals surface area (Å²) in [5.41, 5.74) is 1.38. The molecule has 2 fully saturated rings. The molecule has 0 aliphatic carbocycles. The van der Waals surface area contributed by atoms with E-state index in [1.54, 1.807) is 23.3 Å². The van der Waals surface area contributed by atoms with E-state index in [1.807, 2.05) is 6.07 Å². The highest BCUT2D eigenvalue weighted by Gasteiger charge is 2.34. The van der Waals surface area contributed by atoms with Gasteiger partial charge in [-0.05, 0) is 36.6 Å². The topological polar surface area (TPSA) is 60.2 Å². The van der Waals surface area contributed by atoms with E-state index < -0.39 is 6.10 Å². The molecule has 1 N–H and O–H groups in total. The van der Waals surface area contributed by atoms with Crippen LogP contribution >= 0.6 is 0 Å². The molecule has 1 amide bonds. The van der Waals surface area contributed by atoms with Gasteiger partial charge in [-0.25, -0.2) is 0 Å². The third kappa shape index (κ3) is 5.39. The van der Waals surface area contributed by atoms with Gasteiger partial charge in [0.2, 0.25) is 5.91 Å². The fourth-order valence-corrected chi connectivity index (χ4v) is 4.44. The van der Waals surface area contributed by atoms with Gasteiger partial charge in [0.05, 0.1) is 12.4 Å². The lowest BCUT2D eigenvalue weighted by Crippen LogP contribution is -2.59. The van der Waals surface area contributed by atoms with E-state index in [1.165, 1.54) is 11.6 Å². The molecule has 2 atom stereocenters. The zero-order valence-corrected chi connectivity index (χ0v) is 17.4. The van der Waals surface area contributed by atoms with Crippen LogP contribution in [0.5, 0.6) is 0 Å². The third-order valence-corrected chi connectivity index (χ3v) is 6.23. The fourth-order valence-electron chi connectivity index (χ4n) is 4.44. The molecule has 2 aromatic rings. The van der Waals surface area contributed by atoms with Gasteiger partial charge >= 0.3 is 0 Å². The number of benzene rings is 1. The molecular weight excluding hydrogens is 378 g/mol. The molecule has 4 rings (SSSR count). The first-order valence-electron chi connectivity index (χ1n) is 10.9. The van der Waals surface area contributed by atoms with Gasteiger partial charge in [-0.3, -0.25) is 9.69 Å². The molecule has 2 aliphatic rings. The summed E-state index contributed by atoms with van der Waals surface area (Å²) in [4.78, 5) is 19.1. The highest BCUT2D eigenvalue weighted by molar-refractivity contribution is 5.91. The zero-order chi connectivity index (χ0) is 20.8. The predicted molar refractivity (Wildman–Crippen MR) is 117 cm³/mol. The summed E-state index contributed by atoms with van der Waals surface area (Å²) in [6.45, 7) is 6.16. The van der Waals surface area contributed by atoms with Crippen LogP contribution in [-0.2, 0) is 11.2 Å². The Hall–Kier alpha value is -2.41. The largest absolute Gasteiger partial charge is 0.465 e. The minimum absolute atomic E-state index is 0.0744. The Morgan fingerprint density at radius 3 is 2.57 bits per heavy atom. The average Bonchev–Trinajstić information content (AvgIpc) is 3.31. The van der Waals surface area contributed by atoms with Crippen molar-refractivity contribution in [2.45, 2.75) is 25.0 Å². The summed E-state index contributed by atoms with van der Waals surface area (Å²) in [5, 5.41) is 10.7. The molecule has 2 aliphatic heterocycles. The van der Waals surface area contributed by atoms with Crippen LogP contribution in [0.1, 0.15) is 17.7 Å². The van der Waals surface area contributed by atoms with Crippen molar-refractivity contribution in [3.05, 3.63) is 66.1 Å². The number of carbonyl (C=O) groups excluding carboxylic acids is 1. The molecule has 30 heavy (non-hydrogen) atoms. The van der Waals surface area contributed by atoms with E-state index in [9.17, 15) is 9.90 Å². The summed E-state index contributed by atoms with van der Waals surface area (Å²) in [6.07, 6.45) is 6.17. The van der Waals surface area contributed by atoms with E-state index in [0.717, 1.165) is 45.6 Å². The van der Waals surface area contributed by atoms with Crippen LogP contribution in [0.4, 0.5) is 0 Å². The van der Waals surface area contributed by atoms with Gasteiger partial charge in [-0.1, -0.05) is 30.3 Å². The maximum absolute atomic E-state index is 12.4. The molecule has 0 spiro atoms. The Labute approximate surface area is 178 Å². The number of amides is 1. The van der Waals surface area contributed by atoms with Crippen molar-refractivity contribution in [1.29, 1.82) is 0 Å². The van der Waals surface area contributed by atoms with E-state index in [4.69, 9.17) is 4.42 Å². The number of aliphatic hydroxyl groups is 1. The number of furan rings is 1. The second-order valence-corrected chi connectivity index (χ2v) is 8.17. The Kier molecular flexibility index (Phi) is 7.00. The molecule has 6 nitrogen and oxygen atoms in total. The third-order valence-electron chi connectivity index (χ3n) is 6.23. The van der Waals surface area contributed by atoms with Crippen molar-refractivity contribution in [2.24, 2.45) is 0 Å². The van der Waals surface area contributed by atoms with Crippen LogP contribution in [0.3, 0.4) is 0 Å². The number of carbonyl (C=O) groups is 1. The molecule has 0 bridgehead atoms. The van der Waals surface area contributed by atoms with Gasteiger partial charge in [-0.15, -0.1) is 0 Å². The lowest BCUT2D eigenvalue weighted by Gasteiger charge is -2.45. The minimum atomic E-state index is -0.504. The smallest absolute Gasteiger partial charge is 0.246 e. The summed E-state index contributed by atoms with van der Waals surface area (Å²) in [5.74, 6) is 0.582. The van der Waals surface area contributed by atoms with Crippen molar-refractivity contribution >= 4 is 12.0 Å². The summed E-state index contributed by atoms with van der Waals surface area (Å²) in [6, 6.07) is 14.4. The van der Waals surface area contributed by atoms with Gasteiger partial charge in [0.1, 0.15) is 5.76 Å². The molecule has 6 heteroatoms. The van der Waals surface area contributed by atoms with Crippen LogP contribution in [0, 0.1) is 0 Å². The molecule has 0 radical (unpaired) electrons. The maximum Gasteiger partial charge on any atom is 0.246 e. The Bertz CT molecular complexity index is 813. The van der Waals surface area contributed by atoms with Crippen molar-refractivity contribution < 1.29 is 14.3 Å². The van der Waals surface area contributed by atoms with Crippen molar-refractivity contribution in [3.8, 4) is 0 Å². The number of nitrogens with zero attached hydrogens (tertiary/aromatic N) is 3. The van der Waals surface area contributed by atoms with Crippen molar-refractivity contribution in [2.75, 3.05) is 45.8 Å². The van der Waals surface area contributed by atoms with E-state index in [-0.39, 0.29) is 11.9 Å². The van der Waals surface area contributed by atoms with Crippen LogP contribution in [0.15, 0.2) is 59.2 Å². The number of piperazine rings is 1. The highest BCUT2D eigenvalue weighted by atomic mass is 16.3. The normalized spacial score (nSPS) is 23.8. The van der Waals surface area contributed by atoms with Crippen LogP contribution in [0.2, 0.25) is 0 Å². The first-order chi connectivity index (χ1) is 14.7. The molecule has 1 aromatic carbocycles. The summed E-state index contributed by atoms with van der Waals surface area (Å²) in [7, 11) is 0. The SMILES string of the molecule is O=C(/C=C/c1ccco1)N1CC[C@@H](N2CCN(CCc3ccccc3)CC2)[C@H](O)C1. The second kappa shape index (κ2) is 10.1. The Morgan fingerprint density at radius 2 is 1.87 bits per heavy atom. The lowest BCUT2D eigenvalue weighted by molar-refractivity contribution is -0.131. The predicted octanol–water partition coefficient (Wildman–Crippen LogP) is 2.11. The zero-order valence-electron chi connectivity index (χ0n) is 17.4. The van der Waals surface area contributed by atoms with Gasteiger partial charge in [0, 0.05) is 57.9 Å². The summed E-state index contributed by atoms with van der Waals surface area (Å²) >= 11 is 0. The van der Waals surface area contributed by atoms with Crippen LogP contribution in [0.25, 0.3) is 6.08 Å². The van der Waals surface area contributed by atoms with Crippen molar-refractivity contribution in [3.63, 3.8) is 0 Å². The van der Waals surface area contributed by atoms with E-state index in [0.29, 0.717) is 18.8 Å². The first kappa shape index (κ1) is 20.8. The van der Waals surface area contributed by atoms with Crippen LogP contribution in [-0.4, -0.2) is 83.7 Å². The number of β-amino-alcohol motifs (C(OH)–C–C–N with tert-alkyl or cyclic N) is 1. The molecule has 0 unspecified atom stereocenters. The molecule has 2 saturated heterocycles. The number of rotatable bonds is 6. The first-order valence-corrected chi connectivity index (χ1v) is 10.9. The maximum atomic E-state index is 12.4.